The molecule has 9 heteroatoms. The first-order chi connectivity index (χ1) is 18.7. The van der Waals surface area contributed by atoms with Gasteiger partial charge in [0.2, 0.25) is 10.9 Å². The van der Waals surface area contributed by atoms with Crippen LogP contribution >= 0.6 is 11.3 Å². The Labute approximate surface area is 234 Å². The fourth-order valence-corrected chi connectivity index (χ4v) is 4.69. The predicted octanol–water partition coefficient (Wildman–Crippen LogP) is 6.04. The maximum atomic E-state index is 13.4. The normalized spacial score (nSPS) is 12.6. The number of amides is 2. The van der Waals surface area contributed by atoms with Crippen LogP contribution in [0.3, 0.4) is 0 Å². The number of hydrogen-bond donors (Lipinski definition) is 2. The number of nitrogens with zero attached hydrogens (tertiary/aromatic N) is 1. The number of benzene rings is 2. The van der Waals surface area contributed by atoms with Gasteiger partial charge in [-0.25, -0.2) is 14.6 Å². The number of nitrogens with one attached hydrogen (secondary N) is 2. The molecule has 2 amide bonds. The molecule has 3 rings (SSSR count). The first-order valence-corrected chi connectivity index (χ1v) is 14.0. The number of aromatic nitrogens is 1. The van der Waals surface area contributed by atoms with Gasteiger partial charge in [-0.05, 0) is 35.8 Å². The lowest BCUT2D eigenvalue weighted by Crippen LogP contribution is -2.48. The summed E-state index contributed by atoms with van der Waals surface area (Å²) in [5.41, 5.74) is 2.33. The van der Waals surface area contributed by atoms with E-state index < -0.39 is 24.1 Å². The summed E-state index contributed by atoms with van der Waals surface area (Å²) in [6.07, 6.45) is 0.396. The Morgan fingerprint density at radius 3 is 1.92 bits per heavy atom. The lowest BCUT2D eigenvalue weighted by atomic mass is 9.99. The van der Waals surface area contributed by atoms with Gasteiger partial charge in [0.05, 0.1) is 11.7 Å². The van der Waals surface area contributed by atoms with Crippen molar-refractivity contribution in [2.24, 2.45) is 11.8 Å². The van der Waals surface area contributed by atoms with Gasteiger partial charge in [-0.2, -0.15) is 0 Å². The summed E-state index contributed by atoms with van der Waals surface area (Å²) in [7, 11) is 0. The number of alkyl carbamates (subject to hydrolysis) is 1. The highest BCUT2D eigenvalue weighted by molar-refractivity contribution is 7.11. The Kier molecular flexibility index (Phi) is 11.5. The summed E-state index contributed by atoms with van der Waals surface area (Å²) in [5.74, 6) is -0.431. The number of ether oxygens (including phenoxy) is 2. The number of hydrogen-bond acceptors (Lipinski definition) is 7. The minimum Gasteiger partial charge on any atom is -0.455 e. The predicted molar refractivity (Wildman–Crippen MR) is 151 cm³/mol. The van der Waals surface area contributed by atoms with Gasteiger partial charge >= 0.3 is 12.1 Å². The molecule has 0 aliphatic rings. The van der Waals surface area contributed by atoms with Gasteiger partial charge in [0.25, 0.3) is 0 Å². The van der Waals surface area contributed by atoms with Crippen LogP contribution in [0, 0.1) is 11.8 Å². The van der Waals surface area contributed by atoms with E-state index in [1.807, 2.05) is 88.4 Å². The van der Waals surface area contributed by atoms with E-state index in [9.17, 15) is 14.4 Å². The second kappa shape index (κ2) is 15.0. The molecule has 0 bridgehead atoms. The van der Waals surface area contributed by atoms with Crippen molar-refractivity contribution in [2.45, 2.75) is 65.8 Å². The topological polar surface area (TPSA) is 107 Å². The van der Waals surface area contributed by atoms with Crippen molar-refractivity contribution in [3.63, 3.8) is 0 Å². The zero-order valence-corrected chi connectivity index (χ0v) is 23.7. The number of esters is 1. The third kappa shape index (κ3) is 10.2. The summed E-state index contributed by atoms with van der Waals surface area (Å²) in [6, 6.07) is 17.6. The molecule has 0 saturated heterocycles. The smallest absolute Gasteiger partial charge is 0.408 e. The van der Waals surface area contributed by atoms with Gasteiger partial charge < -0.3 is 20.1 Å². The molecule has 2 aromatic carbocycles. The van der Waals surface area contributed by atoms with Crippen LogP contribution in [0.25, 0.3) is 0 Å². The van der Waals surface area contributed by atoms with Gasteiger partial charge in [-0.15, -0.1) is 11.3 Å². The van der Waals surface area contributed by atoms with E-state index in [4.69, 9.17) is 9.47 Å². The van der Waals surface area contributed by atoms with Crippen LogP contribution in [0.2, 0.25) is 0 Å². The molecule has 0 fully saturated rings. The molecule has 0 aliphatic carbocycles. The third-order valence-electron chi connectivity index (χ3n) is 5.82. The molecule has 208 valence electrons. The van der Waals surface area contributed by atoms with E-state index in [2.05, 4.69) is 15.6 Å². The monoisotopic (exact) mass is 551 g/mol. The van der Waals surface area contributed by atoms with E-state index >= 15 is 0 Å². The number of carbonyl (C=O) groups excluding carboxylic acids is 3. The number of carbonyl (C=O) groups is 3. The van der Waals surface area contributed by atoms with Crippen LogP contribution in [-0.4, -0.2) is 29.0 Å². The van der Waals surface area contributed by atoms with Crippen molar-refractivity contribution in [1.29, 1.82) is 0 Å². The van der Waals surface area contributed by atoms with E-state index in [1.54, 1.807) is 5.38 Å². The summed E-state index contributed by atoms with van der Waals surface area (Å²) in [6.45, 7) is 8.33. The first-order valence-electron chi connectivity index (χ1n) is 13.1. The van der Waals surface area contributed by atoms with Crippen LogP contribution in [0.5, 0.6) is 0 Å². The number of rotatable bonds is 13. The zero-order chi connectivity index (χ0) is 28.2. The second-order valence-corrected chi connectivity index (χ2v) is 11.1. The maximum Gasteiger partial charge on any atom is 0.408 e. The van der Waals surface area contributed by atoms with E-state index in [1.165, 1.54) is 11.3 Å². The molecule has 1 heterocycles. The van der Waals surface area contributed by atoms with Crippen LogP contribution in [-0.2, 0) is 27.5 Å². The molecule has 0 radical (unpaired) electrons. The third-order valence-corrected chi connectivity index (χ3v) is 6.66. The molecule has 0 saturated carbocycles. The zero-order valence-electron chi connectivity index (χ0n) is 22.9. The van der Waals surface area contributed by atoms with E-state index in [0.717, 1.165) is 11.1 Å². The molecule has 0 aliphatic heterocycles. The molecule has 8 nitrogen and oxygen atoms in total. The van der Waals surface area contributed by atoms with E-state index in [0.29, 0.717) is 18.5 Å². The quantitative estimate of drug-likeness (QED) is 0.251. The summed E-state index contributed by atoms with van der Waals surface area (Å²) < 4.78 is 10.7. The van der Waals surface area contributed by atoms with Crippen molar-refractivity contribution >= 4 is 29.3 Å². The van der Waals surface area contributed by atoms with Gasteiger partial charge in [-0.3, -0.25) is 4.79 Å². The standard InChI is InChI=1S/C30H37N3O5S/c1-20(2)15-24(26-19-39-28(32-26)29(35)37-17-22-11-7-5-8-12-22)31-27(34)25(16-21(3)4)33-30(36)38-18-23-13-9-6-10-14-23/h5-14,19-21,24-25H,15-18H2,1-4H3,(H,31,34)(H,33,36). The molecular formula is C30H37N3O5S. The van der Waals surface area contributed by atoms with Crippen molar-refractivity contribution in [3.8, 4) is 0 Å². The highest BCUT2D eigenvalue weighted by Gasteiger charge is 2.27. The number of thiazole rings is 1. The fraction of sp³-hybridized carbons (Fsp3) is 0.400. The Morgan fingerprint density at radius 2 is 1.36 bits per heavy atom. The Bertz CT molecular complexity index is 1200. The van der Waals surface area contributed by atoms with Gasteiger partial charge in [0.1, 0.15) is 19.3 Å². The molecule has 2 N–H and O–H groups in total. The highest BCUT2D eigenvalue weighted by Crippen LogP contribution is 2.24. The molecule has 0 spiro atoms. The maximum absolute atomic E-state index is 13.4. The van der Waals surface area contributed by atoms with Crippen molar-refractivity contribution in [3.05, 3.63) is 87.9 Å². The van der Waals surface area contributed by atoms with Gasteiger partial charge in [0, 0.05) is 5.38 Å². The minimum absolute atomic E-state index is 0.112. The molecule has 39 heavy (non-hydrogen) atoms. The Balaban J connectivity index is 1.64. The summed E-state index contributed by atoms with van der Waals surface area (Å²) >= 11 is 1.18. The lowest BCUT2D eigenvalue weighted by Gasteiger charge is -2.24. The highest BCUT2D eigenvalue weighted by atomic mass is 32.1. The first kappa shape index (κ1) is 29.8. The summed E-state index contributed by atoms with van der Waals surface area (Å²) in [5, 5.41) is 7.76. The Morgan fingerprint density at radius 1 is 0.795 bits per heavy atom. The molecule has 1 aromatic heterocycles. The van der Waals surface area contributed by atoms with Gasteiger partial charge in [0.15, 0.2) is 0 Å². The van der Waals surface area contributed by atoms with Crippen molar-refractivity contribution in [2.75, 3.05) is 0 Å². The van der Waals surface area contributed by atoms with Crippen molar-refractivity contribution < 1.29 is 23.9 Å². The summed E-state index contributed by atoms with van der Waals surface area (Å²) in [4.78, 5) is 43.0. The molecule has 3 aromatic rings. The molecular weight excluding hydrogens is 514 g/mol. The van der Waals surface area contributed by atoms with Crippen LogP contribution < -0.4 is 10.6 Å². The largest absolute Gasteiger partial charge is 0.455 e. The molecule has 2 unspecified atom stereocenters. The van der Waals surface area contributed by atoms with E-state index in [-0.39, 0.29) is 36.0 Å². The molecule has 2 atom stereocenters. The van der Waals surface area contributed by atoms with Gasteiger partial charge in [-0.1, -0.05) is 88.4 Å². The Hall–Kier alpha value is -3.72. The average molecular weight is 552 g/mol. The van der Waals surface area contributed by atoms with Crippen LogP contribution in [0.1, 0.15) is 73.2 Å². The fourth-order valence-electron chi connectivity index (χ4n) is 3.93. The lowest BCUT2D eigenvalue weighted by molar-refractivity contribution is -0.124. The van der Waals surface area contributed by atoms with Crippen LogP contribution in [0.15, 0.2) is 66.0 Å². The van der Waals surface area contributed by atoms with Crippen LogP contribution in [0.4, 0.5) is 4.79 Å². The SMILES string of the molecule is CC(C)CC(NC(=O)OCc1ccccc1)C(=O)NC(CC(C)C)c1csc(C(=O)OCc2ccccc2)n1. The average Bonchev–Trinajstić information content (AvgIpc) is 3.41. The van der Waals surface area contributed by atoms with Crippen molar-refractivity contribution in [1.82, 2.24) is 15.6 Å². The second-order valence-electron chi connectivity index (χ2n) is 10.2. The minimum atomic E-state index is -0.781.